The van der Waals surface area contributed by atoms with E-state index in [0.717, 1.165) is 50.5 Å². The van der Waals surface area contributed by atoms with Crippen molar-refractivity contribution < 1.29 is 5.11 Å². The minimum Gasteiger partial charge on any atom is -0.508 e. The zero-order chi connectivity index (χ0) is 18.2. The summed E-state index contributed by atoms with van der Waals surface area (Å²) in [6.45, 7) is 6.83. The van der Waals surface area contributed by atoms with Crippen molar-refractivity contribution >= 4 is 17.3 Å². The number of benzene rings is 1. The molecule has 1 fully saturated rings. The molecule has 0 bridgehead atoms. The summed E-state index contributed by atoms with van der Waals surface area (Å²) in [5.74, 6) is 1.16. The Hall–Kier alpha value is -2.05. The number of nitrogens with zero attached hydrogens (tertiary/aromatic N) is 2. The molecule has 0 amide bonds. The van der Waals surface area contributed by atoms with E-state index in [2.05, 4.69) is 44.3 Å². The molecule has 0 atom stereocenters. The molecule has 1 aromatic heterocycles. The largest absolute Gasteiger partial charge is 0.508 e. The van der Waals surface area contributed by atoms with Crippen molar-refractivity contribution in [1.29, 1.82) is 0 Å². The van der Waals surface area contributed by atoms with E-state index in [9.17, 15) is 5.11 Å². The normalized spacial score (nSPS) is 16.6. The first kappa shape index (κ1) is 18.7. The van der Waals surface area contributed by atoms with Crippen LogP contribution in [0.4, 0.5) is 0 Å². The summed E-state index contributed by atoms with van der Waals surface area (Å²) >= 11 is 1.77. The van der Waals surface area contributed by atoms with E-state index in [4.69, 9.17) is 0 Å². The Bertz CT molecular complexity index is 676. The van der Waals surface area contributed by atoms with Crippen LogP contribution in [0.5, 0.6) is 5.75 Å². The van der Waals surface area contributed by atoms with Crippen molar-refractivity contribution in [3.63, 3.8) is 0 Å². The number of piperidine rings is 1. The molecule has 1 aliphatic heterocycles. The molecule has 0 spiro atoms. The molecule has 140 valence electrons. The second-order valence-electron chi connectivity index (χ2n) is 6.69. The van der Waals surface area contributed by atoms with Gasteiger partial charge in [0.15, 0.2) is 5.96 Å². The lowest BCUT2D eigenvalue weighted by Crippen LogP contribution is -2.48. The first-order valence-electron chi connectivity index (χ1n) is 9.29. The molecule has 5 nitrogen and oxygen atoms in total. The predicted molar refractivity (Wildman–Crippen MR) is 109 cm³/mol. The average Bonchev–Trinajstić information content (AvgIpc) is 3.16. The quantitative estimate of drug-likeness (QED) is 0.538. The molecule has 2 aromatic rings. The van der Waals surface area contributed by atoms with Crippen LogP contribution in [0.25, 0.3) is 0 Å². The van der Waals surface area contributed by atoms with Crippen molar-refractivity contribution in [2.24, 2.45) is 4.99 Å². The standard InChI is InChI=1S/C20H28N4OS/c1-2-21-20(22-13-16-3-5-19(25)6-4-16)23-18-7-10-24(11-8-18)14-17-9-12-26-15-17/h3-6,9,12,15,18,25H,2,7-8,10-11,13-14H2,1H3,(H2,21,22,23). The van der Waals surface area contributed by atoms with Gasteiger partial charge in [0.2, 0.25) is 0 Å². The molecule has 26 heavy (non-hydrogen) atoms. The summed E-state index contributed by atoms with van der Waals surface area (Å²) < 4.78 is 0. The van der Waals surface area contributed by atoms with Gasteiger partial charge in [-0.15, -0.1) is 0 Å². The fraction of sp³-hybridized carbons (Fsp3) is 0.450. The van der Waals surface area contributed by atoms with Gasteiger partial charge in [-0.1, -0.05) is 12.1 Å². The van der Waals surface area contributed by atoms with Gasteiger partial charge in [-0.05, 0) is 59.9 Å². The molecular formula is C20H28N4OS. The average molecular weight is 373 g/mol. The van der Waals surface area contributed by atoms with E-state index in [0.29, 0.717) is 12.6 Å². The number of phenols is 1. The summed E-state index contributed by atoms with van der Waals surface area (Å²) in [5, 5.41) is 20.7. The molecule has 2 heterocycles. The highest BCUT2D eigenvalue weighted by Crippen LogP contribution is 2.16. The monoisotopic (exact) mass is 372 g/mol. The van der Waals surface area contributed by atoms with Crippen LogP contribution in [0.3, 0.4) is 0 Å². The molecule has 6 heteroatoms. The Morgan fingerprint density at radius 1 is 1.19 bits per heavy atom. The van der Waals surface area contributed by atoms with Gasteiger partial charge >= 0.3 is 0 Å². The van der Waals surface area contributed by atoms with E-state index in [-0.39, 0.29) is 5.75 Å². The Morgan fingerprint density at radius 3 is 2.62 bits per heavy atom. The summed E-state index contributed by atoms with van der Waals surface area (Å²) in [7, 11) is 0. The molecule has 0 saturated carbocycles. The number of phenolic OH excluding ortho intramolecular Hbond substituents is 1. The maximum Gasteiger partial charge on any atom is 0.191 e. The lowest BCUT2D eigenvalue weighted by Gasteiger charge is -2.33. The maximum atomic E-state index is 9.37. The zero-order valence-corrected chi connectivity index (χ0v) is 16.1. The van der Waals surface area contributed by atoms with E-state index in [1.807, 2.05) is 12.1 Å². The van der Waals surface area contributed by atoms with Crippen LogP contribution in [-0.2, 0) is 13.1 Å². The first-order valence-corrected chi connectivity index (χ1v) is 10.2. The van der Waals surface area contributed by atoms with Crippen LogP contribution in [0.15, 0.2) is 46.1 Å². The van der Waals surface area contributed by atoms with Crippen molar-refractivity contribution in [1.82, 2.24) is 15.5 Å². The van der Waals surface area contributed by atoms with Gasteiger partial charge in [0.05, 0.1) is 6.54 Å². The third kappa shape index (κ3) is 5.75. The number of guanidine groups is 1. The molecule has 1 aliphatic rings. The Labute approximate surface area is 159 Å². The molecule has 0 radical (unpaired) electrons. The second kappa shape index (κ2) is 9.59. The van der Waals surface area contributed by atoms with Crippen LogP contribution in [-0.4, -0.2) is 41.6 Å². The van der Waals surface area contributed by atoms with Gasteiger partial charge in [-0.2, -0.15) is 11.3 Å². The van der Waals surface area contributed by atoms with Gasteiger partial charge in [0.1, 0.15) is 5.75 Å². The van der Waals surface area contributed by atoms with Crippen LogP contribution in [0.2, 0.25) is 0 Å². The number of thiophene rings is 1. The highest BCUT2D eigenvalue weighted by molar-refractivity contribution is 7.07. The predicted octanol–water partition coefficient (Wildman–Crippen LogP) is 3.17. The molecule has 1 saturated heterocycles. The SMILES string of the molecule is CCNC(=NCc1ccc(O)cc1)NC1CCN(Cc2ccsc2)CC1. The smallest absolute Gasteiger partial charge is 0.191 e. The number of likely N-dealkylation sites (tertiary alicyclic amines) is 1. The number of aromatic hydroxyl groups is 1. The fourth-order valence-electron chi connectivity index (χ4n) is 3.16. The van der Waals surface area contributed by atoms with E-state index in [1.165, 1.54) is 5.56 Å². The van der Waals surface area contributed by atoms with E-state index >= 15 is 0 Å². The second-order valence-corrected chi connectivity index (χ2v) is 7.47. The fourth-order valence-corrected chi connectivity index (χ4v) is 3.82. The zero-order valence-electron chi connectivity index (χ0n) is 15.3. The number of hydrogen-bond donors (Lipinski definition) is 3. The van der Waals surface area contributed by atoms with E-state index in [1.54, 1.807) is 23.5 Å². The van der Waals surface area contributed by atoms with Crippen molar-refractivity contribution in [2.75, 3.05) is 19.6 Å². The van der Waals surface area contributed by atoms with Gasteiger partial charge in [0.25, 0.3) is 0 Å². The summed E-state index contributed by atoms with van der Waals surface area (Å²) in [6, 6.07) is 9.90. The minimum absolute atomic E-state index is 0.289. The summed E-state index contributed by atoms with van der Waals surface area (Å²) in [6.07, 6.45) is 2.27. The lowest BCUT2D eigenvalue weighted by molar-refractivity contribution is 0.198. The Morgan fingerprint density at radius 2 is 1.96 bits per heavy atom. The number of hydrogen-bond acceptors (Lipinski definition) is 4. The Balaban J connectivity index is 1.48. The maximum absolute atomic E-state index is 9.37. The third-order valence-corrected chi connectivity index (χ3v) is 5.35. The summed E-state index contributed by atoms with van der Waals surface area (Å²) in [5.41, 5.74) is 2.51. The van der Waals surface area contributed by atoms with Crippen LogP contribution >= 0.6 is 11.3 Å². The topological polar surface area (TPSA) is 59.9 Å². The van der Waals surface area contributed by atoms with E-state index < -0.39 is 0 Å². The van der Waals surface area contributed by atoms with Gasteiger partial charge in [0, 0.05) is 32.2 Å². The van der Waals surface area contributed by atoms with Gasteiger partial charge in [-0.3, -0.25) is 4.90 Å². The van der Waals surface area contributed by atoms with Gasteiger partial charge in [-0.25, -0.2) is 4.99 Å². The van der Waals surface area contributed by atoms with Crippen LogP contribution in [0.1, 0.15) is 30.9 Å². The molecule has 3 rings (SSSR count). The first-order chi connectivity index (χ1) is 12.7. The number of rotatable bonds is 6. The summed E-state index contributed by atoms with van der Waals surface area (Å²) in [4.78, 5) is 7.22. The van der Waals surface area contributed by atoms with Crippen molar-refractivity contribution in [2.45, 2.75) is 38.9 Å². The molecule has 0 unspecified atom stereocenters. The molecule has 3 N–H and O–H groups in total. The Kier molecular flexibility index (Phi) is 6.91. The third-order valence-electron chi connectivity index (χ3n) is 4.62. The van der Waals surface area contributed by atoms with Crippen molar-refractivity contribution in [3.8, 4) is 5.75 Å². The molecule has 1 aromatic carbocycles. The number of aliphatic imine (C=N–C) groups is 1. The number of nitrogens with one attached hydrogen (secondary N) is 2. The highest BCUT2D eigenvalue weighted by Gasteiger charge is 2.20. The minimum atomic E-state index is 0.289. The molecule has 0 aliphatic carbocycles. The van der Waals surface area contributed by atoms with Crippen LogP contribution in [0, 0.1) is 0 Å². The molecular weight excluding hydrogens is 344 g/mol. The van der Waals surface area contributed by atoms with Gasteiger partial charge < -0.3 is 15.7 Å². The highest BCUT2D eigenvalue weighted by atomic mass is 32.1. The van der Waals surface area contributed by atoms with Crippen LogP contribution < -0.4 is 10.6 Å². The van der Waals surface area contributed by atoms with Crippen molar-refractivity contribution in [3.05, 3.63) is 52.2 Å². The lowest BCUT2D eigenvalue weighted by atomic mass is 10.0.